The number of sulfonamides is 2. The quantitative estimate of drug-likeness (QED) is 0.331. The van der Waals surface area contributed by atoms with Gasteiger partial charge in [0, 0.05) is 6.92 Å². The van der Waals surface area contributed by atoms with Gasteiger partial charge in [0.2, 0.25) is 0 Å². The van der Waals surface area contributed by atoms with Crippen LogP contribution in [0.15, 0.2) is 12.4 Å². The first kappa shape index (κ1) is 27.6. The summed E-state index contributed by atoms with van der Waals surface area (Å²) in [6.45, 7) is 5.55. The summed E-state index contributed by atoms with van der Waals surface area (Å²) in [5, 5.41) is 0. The zero-order valence-electron chi connectivity index (χ0n) is 15.7. The van der Waals surface area contributed by atoms with Gasteiger partial charge in [0.15, 0.2) is 20.0 Å². The van der Waals surface area contributed by atoms with E-state index in [9.17, 15) is 43.2 Å². The average molecular weight is 475 g/mol. The largest absolute Gasteiger partial charge is 0.480 e. The normalized spacial score (nSPS) is 13.1. The molecule has 1 N–H and O–H groups in total. The molecule has 15 heteroatoms. The average Bonchev–Trinajstić information content (AvgIpc) is 2.93. The van der Waals surface area contributed by atoms with Crippen LogP contribution in [-0.4, -0.2) is 32.8 Å². The number of aromatic nitrogens is 2. The van der Waals surface area contributed by atoms with E-state index in [-0.39, 0.29) is 0 Å². The fraction of sp³-hybridized carbons (Fsp3) is 0.786. The molecule has 172 valence electrons. The van der Waals surface area contributed by atoms with E-state index in [0.717, 1.165) is 4.13 Å². The van der Waals surface area contributed by atoms with E-state index in [1.807, 2.05) is 6.20 Å². The predicted molar refractivity (Wildman–Crippen MR) is 92.4 cm³/mol. The number of nitrogens with zero attached hydrogens (tertiary/aromatic N) is 2. The lowest BCUT2D eigenvalue weighted by Crippen LogP contribution is -2.34. The zero-order chi connectivity index (χ0) is 22.9. The molecular weight excluding hydrogens is 452 g/mol. The van der Waals surface area contributed by atoms with E-state index in [1.54, 1.807) is 0 Å². The predicted octanol–water partition coefficient (Wildman–Crippen LogP) is 4.03. The van der Waals surface area contributed by atoms with Gasteiger partial charge in [0.25, 0.3) is 5.82 Å². The van der Waals surface area contributed by atoms with Crippen molar-refractivity contribution in [2.75, 3.05) is 0 Å². The molecule has 0 amide bonds. The number of hydrogen-bond acceptors (Lipinski definition) is 4. The smallest absolute Gasteiger partial charge is 0.421 e. The lowest BCUT2D eigenvalue weighted by atomic mass is 10.1. The molecule has 1 aromatic rings. The van der Waals surface area contributed by atoms with Crippen LogP contribution < -0.4 is 4.57 Å². The van der Waals surface area contributed by atoms with Gasteiger partial charge in [0.1, 0.15) is 12.4 Å². The summed E-state index contributed by atoms with van der Waals surface area (Å²) in [6.07, 6.45) is 12.4. The van der Waals surface area contributed by atoms with Crippen LogP contribution >= 0.6 is 0 Å². The van der Waals surface area contributed by atoms with Crippen LogP contribution in [0.5, 0.6) is 0 Å². The molecule has 1 aromatic heterocycles. The third-order valence-electron chi connectivity index (χ3n) is 3.51. The summed E-state index contributed by atoms with van der Waals surface area (Å²) in [4.78, 5) is 3.19. The highest BCUT2D eigenvalue weighted by Crippen LogP contribution is 2.36. The van der Waals surface area contributed by atoms with Crippen LogP contribution in [0.4, 0.5) is 26.3 Å². The van der Waals surface area contributed by atoms with Crippen molar-refractivity contribution in [1.29, 1.82) is 0 Å². The van der Waals surface area contributed by atoms with Crippen LogP contribution in [0.3, 0.4) is 0 Å². The molecule has 0 radical (unpaired) electrons. The molecular formula is C14H23F6N3O4S2. The van der Waals surface area contributed by atoms with Crippen LogP contribution in [0.2, 0.25) is 0 Å². The van der Waals surface area contributed by atoms with Gasteiger partial charge in [-0.05, 0) is 12.8 Å². The number of hydrogen-bond donors (Lipinski definition) is 1. The molecule has 0 fully saturated rings. The summed E-state index contributed by atoms with van der Waals surface area (Å²) in [5.74, 6) is 1.26. The SMILES string of the molecule is CCCCCCCC[n+]1cc[nH]c1C.O=S(=O)([N-]S(=O)(=O)C(F)(F)F)C(F)(F)F. The highest BCUT2D eigenvalue weighted by molar-refractivity contribution is 8.13. The van der Waals surface area contributed by atoms with E-state index in [2.05, 4.69) is 29.6 Å². The second-order valence-electron chi connectivity index (χ2n) is 5.92. The minimum absolute atomic E-state index is 0.778. The van der Waals surface area contributed by atoms with Crippen molar-refractivity contribution in [2.24, 2.45) is 0 Å². The Balaban J connectivity index is 0.000000541. The van der Waals surface area contributed by atoms with E-state index < -0.39 is 31.1 Å². The Morgan fingerprint density at radius 1 is 0.897 bits per heavy atom. The fourth-order valence-corrected chi connectivity index (χ4v) is 3.67. The van der Waals surface area contributed by atoms with Crippen LogP contribution in [0.1, 0.15) is 51.3 Å². The molecule has 0 atom stereocenters. The van der Waals surface area contributed by atoms with Crippen molar-refractivity contribution in [2.45, 2.75) is 69.9 Å². The topological polar surface area (TPSA) is 102 Å². The van der Waals surface area contributed by atoms with Gasteiger partial charge in [-0.3, -0.25) is 0 Å². The first-order valence-corrected chi connectivity index (χ1v) is 11.3. The Labute approximate surface area is 165 Å². The molecule has 0 saturated carbocycles. The first-order valence-electron chi connectivity index (χ1n) is 8.45. The number of imidazole rings is 1. The first-order chi connectivity index (χ1) is 13.0. The number of H-pyrrole nitrogens is 1. The van der Waals surface area contributed by atoms with Crippen molar-refractivity contribution in [3.63, 3.8) is 0 Å². The van der Waals surface area contributed by atoms with Crippen LogP contribution in [0, 0.1) is 6.92 Å². The summed E-state index contributed by atoms with van der Waals surface area (Å²) in [7, 11) is -13.4. The third-order valence-corrected chi connectivity index (χ3v) is 6.25. The highest BCUT2D eigenvalue weighted by Gasteiger charge is 2.46. The molecule has 0 aliphatic heterocycles. The van der Waals surface area contributed by atoms with Crippen LogP contribution in [0.25, 0.3) is 4.13 Å². The Kier molecular flexibility index (Phi) is 10.6. The molecule has 1 heterocycles. The standard InChI is InChI=1S/C12H22N2.C2F6NO4S2/c1-3-4-5-6-7-8-10-14-11-9-13-12(14)2;3-1(4,5)14(10,11)9-15(12,13)2(6,7)8/h9,11H,3-8,10H2,1-2H3;/q;-1/p+1. The van der Waals surface area contributed by atoms with Crippen molar-refractivity contribution >= 4 is 20.0 Å². The van der Waals surface area contributed by atoms with Crippen molar-refractivity contribution in [3.8, 4) is 0 Å². The van der Waals surface area contributed by atoms with Crippen LogP contribution in [-0.2, 0) is 26.6 Å². The minimum Gasteiger partial charge on any atom is -0.421 e. The number of unbranched alkanes of at least 4 members (excludes halogenated alkanes) is 5. The summed E-state index contributed by atoms with van der Waals surface area (Å²) in [6, 6.07) is 0. The molecule has 0 saturated heterocycles. The lowest BCUT2D eigenvalue weighted by Gasteiger charge is -2.22. The Morgan fingerprint density at radius 3 is 1.72 bits per heavy atom. The fourth-order valence-electron chi connectivity index (χ4n) is 1.96. The third kappa shape index (κ3) is 9.80. The molecule has 0 aliphatic carbocycles. The highest BCUT2D eigenvalue weighted by atomic mass is 32.3. The molecule has 0 unspecified atom stereocenters. The van der Waals surface area contributed by atoms with Gasteiger partial charge in [-0.2, -0.15) is 26.3 Å². The van der Waals surface area contributed by atoms with Crippen molar-refractivity contribution in [1.82, 2.24) is 4.98 Å². The summed E-state index contributed by atoms with van der Waals surface area (Å²) >= 11 is 0. The Morgan fingerprint density at radius 2 is 1.34 bits per heavy atom. The molecule has 0 spiro atoms. The van der Waals surface area contributed by atoms with Gasteiger partial charge in [0.05, 0.1) is 6.54 Å². The van der Waals surface area contributed by atoms with E-state index in [4.69, 9.17) is 0 Å². The summed E-state index contributed by atoms with van der Waals surface area (Å²) < 4.78 is 111. The van der Waals surface area contributed by atoms with Gasteiger partial charge < -0.3 is 4.13 Å². The number of halogens is 6. The lowest BCUT2D eigenvalue weighted by molar-refractivity contribution is -0.702. The maximum Gasteiger partial charge on any atom is 0.480 e. The Hall–Kier alpha value is -1.35. The number of rotatable bonds is 9. The van der Waals surface area contributed by atoms with Gasteiger partial charge in [-0.15, -0.1) is 0 Å². The number of aromatic amines is 1. The second-order valence-corrected chi connectivity index (χ2v) is 9.35. The van der Waals surface area contributed by atoms with Crippen molar-refractivity contribution in [3.05, 3.63) is 22.3 Å². The second kappa shape index (κ2) is 11.2. The number of alkyl halides is 6. The summed E-state index contributed by atoms with van der Waals surface area (Å²) in [5.41, 5.74) is -12.4. The number of aryl methyl sites for hydroxylation is 2. The van der Waals surface area contributed by atoms with Crippen molar-refractivity contribution < 1.29 is 47.7 Å². The van der Waals surface area contributed by atoms with Gasteiger partial charge in [-0.1, -0.05) is 32.6 Å². The van der Waals surface area contributed by atoms with E-state index >= 15 is 0 Å². The monoisotopic (exact) mass is 475 g/mol. The molecule has 29 heavy (non-hydrogen) atoms. The van der Waals surface area contributed by atoms with E-state index in [0.29, 0.717) is 0 Å². The van der Waals surface area contributed by atoms with Gasteiger partial charge >= 0.3 is 11.0 Å². The maximum atomic E-state index is 11.4. The van der Waals surface area contributed by atoms with Gasteiger partial charge in [-0.25, -0.2) is 26.4 Å². The zero-order valence-corrected chi connectivity index (χ0v) is 17.3. The minimum atomic E-state index is -6.72. The Bertz CT molecular complexity index is 775. The van der Waals surface area contributed by atoms with E-state index in [1.165, 1.54) is 50.9 Å². The maximum absolute atomic E-state index is 11.4. The molecule has 7 nitrogen and oxygen atoms in total. The molecule has 1 rings (SSSR count). The molecule has 0 bridgehead atoms. The molecule has 0 aromatic carbocycles. The number of nitrogens with one attached hydrogen (secondary N) is 1. The molecule has 0 aliphatic rings.